The van der Waals surface area contributed by atoms with Crippen molar-refractivity contribution in [3.05, 3.63) is 111 Å². The number of carbonyl (C=O) groups excluding carboxylic acids is 2. The highest BCUT2D eigenvalue weighted by atomic mass is 32.1. The maximum absolute atomic E-state index is 14.1. The van der Waals surface area contributed by atoms with Gasteiger partial charge in [-0.2, -0.15) is 0 Å². The lowest BCUT2D eigenvalue weighted by Crippen LogP contribution is -2.31. The quantitative estimate of drug-likeness (QED) is 0.299. The minimum absolute atomic E-state index is 0.0313. The summed E-state index contributed by atoms with van der Waals surface area (Å²) in [6, 6.07) is 21.8. The zero-order valence-corrected chi connectivity index (χ0v) is 21.8. The number of Topliss-reactive ketones (excluding diaryl/α,β-unsaturated/α-hetero) is 1. The predicted molar refractivity (Wildman–Crippen MR) is 145 cm³/mol. The number of aliphatic hydroxyl groups is 1. The molecule has 0 saturated heterocycles. The van der Waals surface area contributed by atoms with Gasteiger partial charge >= 0.3 is 0 Å². The van der Waals surface area contributed by atoms with Crippen LogP contribution in [0.1, 0.15) is 38.1 Å². The topological polar surface area (TPSA) is 79.7 Å². The summed E-state index contributed by atoms with van der Waals surface area (Å²) in [7, 11) is 1.56. The van der Waals surface area contributed by atoms with Crippen LogP contribution >= 0.6 is 11.3 Å². The van der Waals surface area contributed by atoms with Gasteiger partial charge in [0.05, 0.1) is 29.3 Å². The highest BCUT2D eigenvalue weighted by Gasteiger charge is 2.45. The van der Waals surface area contributed by atoms with Crippen LogP contribution < -0.4 is 9.64 Å². The van der Waals surface area contributed by atoms with Crippen molar-refractivity contribution < 1.29 is 19.4 Å². The fraction of sp³-hybridized carbons (Fsp3) is 0.167. The van der Waals surface area contributed by atoms with E-state index >= 15 is 0 Å². The molecule has 1 aliphatic heterocycles. The second-order valence-electron chi connectivity index (χ2n) is 9.09. The molecule has 6 nitrogen and oxygen atoms in total. The van der Waals surface area contributed by atoms with Gasteiger partial charge in [0.2, 0.25) is 5.78 Å². The van der Waals surface area contributed by atoms with Crippen molar-refractivity contribution in [2.45, 2.75) is 26.8 Å². The van der Waals surface area contributed by atoms with E-state index in [0.717, 1.165) is 16.7 Å². The first-order valence-corrected chi connectivity index (χ1v) is 12.7. The number of hydrogen-bond acceptors (Lipinski definition) is 6. The Kier molecular flexibility index (Phi) is 6.39. The average molecular weight is 511 g/mol. The van der Waals surface area contributed by atoms with E-state index in [9.17, 15) is 14.7 Å². The number of aliphatic hydroxyl groups excluding tert-OH is 1. The Morgan fingerprint density at radius 3 is 2.35 bits per heavy atom. The molecular weight excluding hydrogens is 484 g/mol. The van der Waals surface area contributed by atoms with E-state index < -0.39 is 23.5 Å². The van der Waals surface area contributed by atoms with Gasteiger partial charge in [-0.05, 0) is 61.7 Å². The molecule has 0 fully saturated rings. The molecule has 1 aliphatic rings. The normalized spacial score (nSPS) is 15.4. The standard InChI is InChI=1S/C30H26N2O4S/c1-17-13-18(2)15-22(14-17)32-25(21-11-8-12-23(16-21)36-4)24(27(34)30(32)35)26(33)28-19(3)31-29(37-28)20-9-6-5-7-10-20/h5-16,25,34H,1-4H3. The number of methoxy groups -OCH3 is 1. The van der Waals surface area contributed by atoms with Gasteiger partial charge in [0, 0.05) is 11.3 Å². The van der Waals surface area contributed by atoms with E-state index in [0.29, 0.717) is 32.6 Å². The van der Waals surface area contributed by atoms with Crippen molar-refractivity contribution in [3.8, 4) is 16.3 Å². The van der Waals surface area contributed by atoms with Crippen LogP contribution in [0.25, 0.3) is 10.6 Å². The van der Waals surface area contributed by atoms with Crippen LogP contribution in [0.3, 0.4) is 0 Å². The third kappa shape index (κ3) is 4.42. The molecule has 3 aromatic carbocycles. The van der Waals surface area contributed by atoms with Crippen LogP contribution in [0.2, 0.25) is 0 Å². The van der Waals surface area contributed by atoms with Gasteiger partial charge in [0.25, 0.3) is 5.91 Å². The SMILES string of the molecule is COc1cccc(C2C(C(=O)c3sc(-c4ccccc4)nc3C)=C(O)C(=O)N2c2cc(C)cc(C)c2)c1. The van der Waals surface area contributed by atoms with Gasteiger partial charge in [-0.1, -0.05) is 48.5 Å². The monoisotopic (exact) mass is 510 g/mol. The molecule has 0 radical (unpaired) electrons. The van der Waals surface area contributed by atoms with Crippen molar-refractivity contribution in [1.82, 2.24) is 4.98 Å². The smallest absolute Gasteiger partial charge is 0.294 e. The zero-order valence-electron chi connectivity index (χ0n) is 21.0. The number of anilines is 1. The Bertz CT molecular complexity index is 1530. The average Bonchev–Trinajstić information content (AvgIpc) is 3.41. The molecule has 0 aliphatic carbocycles. The van der Waals surface area contributed by atoms with Crippen LogP contribution in [0.4, 0.5) is 5.69 Å². The lowest BCUT2D eigenvalue weighted by atomic mass is 9.94. The number of rotatable bonds is 6. The first-order valence-electron chi connectivity index (χ1n) is 11.8. The summed E-state index contributed by atoms with van der Waals surface area (Å²) in [4.78, 5) is 34.1. The molecule has 0 spiro atoms. The van der Waals surface area contributed by atoms with Gasteiger partial charge in [0.1, 0.15) is 10.8 Å². The molecule has 0 saturated carbocycles. The van der Waals surface area contributed by atoms with Crippen molar-refractivity contribution in [2.75, 3.05) is 12.0 Å². The van der Waals surface area contributed by atoms with Crippen LogP contribution in [0.5, 0.6) is 5.75 Å². The molecule has 5 rings (SSSR count). The predicted octanol–water partition coefficient (Wildman–Crippen LogP) is 6.53. The van der Waals surface area contributed by atoms with E-state index in [1.165, 1.54) is 16.2 Å². The molecular formula is C30H26N2O4S. The lowest BCUT2D eigenvalue weighted by Gasteiger charge is -2.27. The number of ketones is 1. The van der Waals surface area contributed by atoms with E-state index in [2.05, 4.69) is 4.98 Å². The Hall–Kier alpha value is -4.23. The van der Waals surface area contributed by atoms with Crippen LogP contribution in [-0.4, -0.2) is 28.9 Å². The number of aryl methyl sites for hydroxylation is 3. The van der Waals surface area contributed by atoms with E-state index in [4.69, 9.17) is 4.74 Å². The van der Waals surface area contributed by atoms with Crippen molar-refractivity contribution in [3.63, 3.8) is 0 Å². The number of thiazole rings is 1. The first kappa shape index (κ1) is 24.5. The minimum Gasteiger partial charge on any atom is -0.503 e. The number of nitrogens with zero attached hydrogens (tertiary/aromatic N) is 2. The molecule has 4 aromatic rings. The van der Waals surface area contributed by atoms with Gasteiger partial charge in [-0.15, -0.1) is 11.3 Å². The summed E-state index contributed by atoms with van der Waals surface area (Å²) >= 11 is 1.26. The minimum atomic E-state index is -0.835. The Morgan fingerprint density at radius 1 is 0.973 bits per heavy atom. The highest BCUT2D eigenvalue weighted by molar-refractivity contribution is 7.17. The molecule has 1 unspecified atom stereocenters. The third-order valence-corrected chi connectivity index (χ3v) is 7.58. The molecule has 0 bridgehead atoms. The Morgan fingerprint density at radius 2 is 1.68 bits per heavy atom. The Balaban J connectivity index is 1.66. The fourth-order valence-corrected chi connectivity index (χ4v) is 5.78. The molecule has 186 valence electrons. The summed E-state index contributed by atoms with van der Waals surface area (Å²) in [6.07, 6.45) is 0. The third-order valence-electron chi connectivity index (χ3n) is 6.37. The second-order valence-corrected chi connectivity index (χ2v) is 10.1. The van der Waals surface area contributed by atoms with E-state index in [1.54, 1.807) is 32.2 Å². The van der Waals surface area contributed by atoms with Crippen molar-refractivity contribution >= 4 is 28.7 Å². The molecule has 1 amide bonds. The van der Waals surface area contributed by atoms with Gasteiger partial charge in [-0.25, -0.2) is 4.98 Å². The molecule has 1 atom stereocenters. The molecule has 1 aromatic heterocycles. The van der Waals surface area contributed by atoms with Crippen molar-refractivity contribution in [1.29, 1.82) is 0 Å². The molecule has 1 N–H and O–H groups in total. The lowest BCUT2D eigenvalue weighted by molar-refractivity contribution is -0.117. The molecule has 7 heteroatoms. The fourth-order valence-electron chi connectivity index (χ4n) is 4.75. The second kappa shape index (κ2) is 9.67. The number of carbonyl (C=O) groups is 2. The summed E-state index contributed by atoms with van der Waals surface area (Å²) in [6.45, 7) is 5.66. The number of aromatic nitrogens is 1. The molecule has 2 heterocycles. The van der Waals surface area contributed by atoms with E-state index in [1.807, 2.05) is 68.4 Å². The summed E-state index contributed by atoms with van der Waals surface area (Å²) in [5.74, 6) is -0.996. The first-order chi connectivity index (χ1) is 17.8. The highest BCUT2D eigenvalue weighted by Crippen LogP contribution is 2.44. The maximum atomic E-state index is 14.1. The largest absolute Gasteiger partial charge is 0.503 e. The van der Waals surface area contributed by atoms with Crippen LogP contribution in [0.15, 0.2) is 84.1 Å². The van der Waals surface area contributed by atoms with Gasteiger partial charge in [0.15, 0.2) is 5.76 Å². The summed E-state index contributed by atoms with van der Waals surface area (Å²) in [5.41, 5.74) is 4.69. The summed E-state index contributed by atoms with van der Waals surface area (Å²) in [5, 5.41) is 11.9. The zero-order chi connectivity index (χ0) is 26.3. The van der Waals surface area contributed by atoms with Gasteiger partial charge in [-0.3, -0.25) is 14.5 Å². The van der Waals surface area contributed by atoms with Gasteiger partial charge < -0.3 is 9.84 Å². The number of ether oxygens (including phenoxy) is 1. The number of benzene rings is 3. The number of amides is 1. The van der Waals surface area contributed by atoms with Crippen LogP contribution in [0, 0.1) is 20.8 Å². The Labute approximate surface area is 219 Å². The maximum Gasteiger partial charge on any atom is 0.294 e. The summed E-state index contributed by atoms with van der Waals surface area (Å²) < 4.78 is 5.42. The number of hydrogen-bond donors (Lipinski definition) is 1. The van der Waals surface area contributed by atoms with Crippen molar-refractivity contribution in [2.24, 2.45) is 0 Å². The molecule has 37 heavy (non-hydrogen) atoms. The van der Waals surface area contributed by atoms with Crippen LogP contribution in [-0.2, 0) is 4.79 Å². The van der Waals surface area contributed by atoms with E-state index in [-0.39, 0.29) is 5.57 Å².